The van der Waals surface area contributed by atoms with Gasteiger partial charge in [-0.3, -0.25) is 14.1 Å². The lowest BCUT2D eigenvalue weighted by atomic mass is 9.82. The van der Waals surface area contributed by atoms with E-state index in [1.807, 2.05) is 0 Å². The molecule has 0 saturated carbocycles. The fraction of sp³-hybridized carbons (Fsp3) is 0.0476. The molecule has 0 fully saturated rings. The molecule has 0 spiro atoms. The van der Waals surface area contributed by atoms with Crippen LogP contribution in [0.1, 0.15) is 37.4 Å². The Hall–Kier alpha value is -3.77. The molecule has 1 aliphatic rings. The summed E-state index contributed by atoms with van der Waals surface area (Å²) in [6.07, 6.45) is -4.95. The minimum absolute atomic E-state index is 0.0179. The van der Waals surface area contributed by atoms with Gasteiger partial charge in [-0.25, -0.2) is 4.39 Å². The highest BCUT2D eigenvalue weighted by Gasteiger charge is 2.37. The average molecular weight is 480 g/mol. The Morgan fingerprint density at radius 3 is 2.00 bits per heavy atom. The number of ketones is 2. The SMILES string of the molecule is Nc1c(S(=O)(=O)O)cc(Nc2ccc(C(F)(F)F)c(F)c2)c2c1C(=O)c1ccccc1C2=O. The van der Waals surface area contributed by atoms with E-state index in [1.165, 1.54) is 24.3 Å². The number of hydrogen-bond donors (Lipinski definition) is 3. The van der Waals surface area contributed by atoms with Crippen LogP contribution in [0.3, 0.4) is 0 Å². The highest BCUT2D eigenvalue weighted by Crippen LogP contribution is 2.40. The van der Waals surface area contributed by atoms with E-state index in [4.69, 9.17) is 5.73 Å². The molecule has 0 saturated heterocycles. The first kappa shape index (κ1) is 22.4. The van der Waals surface area contributed by atoms with Gasteiger partial charge in [0.15, 0.2) is 11.6 Å². The first-order chi connectivity index (χ1) is 15.3. The van der Waals surface area contributed by atoms with Gasteiger partial charge in [-0.05, 0) is 24.3 Å². The summed E-state index contributed by atoms with van der Waals surface area (Å²) in [5.41, 5.74) is 2.00. The zero-order valence-electron chi connectivity index (χ0n) is 16.2. The number of nitrogen functional groups attached to an aromatic ring is 1. The van der Waals surface area contributed by atoms with Crippen LogP contribution in [0, 0.1) is 5.82 Å². The molecule has 0 amide bonds. The van der Waals surface area contributed by atoms with E-state index in [2.05, 4.69) is 5.32 Å². The van der Waals surface area contributed by atoms with Crippen molar-refractivity contribution in [3.63, 3.8) is 0 Å². The molecule has 0 atom stereocenters. The molecule has 3 aromatic rings. The molecular weight excluding hydrogens is 468 g/mol. The lowest BCUT2D eigenvalue weighted by Crippen LogP contribution is -2.25. The number of nitrogens with one attached hydrogen (secondary N) is 1. The zero-order chi connectivity index (χ0) is 24.3. The van der Waals surface area contributed by atoms with E-state index >= 15 is 0 Å². The molecule has 33 heavy (non-hydrogen) atoms. The normalized spacial score (nSPS) is 13.5. The van der Waals surface area contributed by atoms with Crippen molar-refractivity contribution in [2.45, 2.75) is 11.1 Å². The van der Waals surface area contributed by atoms with E-state index in [1.54, 1.807) is 0 Å². The predicted molar refractivity (Wildman–Crippen MR) is 109 cm³/mol. The standard InChI is InChI=1S/C21H12F4N2O5S/c22-13-7-9(5-6-12(13)21(23,24)25)27-14-8-15(33(30,31)32)18(26)17-16(14)19(28)10-3-1-2-4-11(10)20(17)29/h1-8,27H,26H2,(H,30,31,32). The minimum atomic E-state index is -4.99. The molecule has 1 aliphatic carbocycles. The molecule has 0 radical (unpaired) electrons. The second kappa shape index (κ2) is 7.39. The van der Waals surface area contributed by atoms with Crippen LogP contribution < -0.4 is 11.1 Å². The van der Waals surface area contributed by atoms with Gasteiger partial charge in [0.2, 0.25) is 0 Å². The number of nitrogens with two attached hydrogens (primary N) is 1. The fourth-order valence-corrected chi connectivity index (χ4v) is 4.23. The molecule has 0 aliphatic heterocycles. The van der Waals surface area contributed by atoms with E-state index < -0.39 is 55.4 Å². The van der Waals surface area contributed by atoms with Crippen LogP contribution in [0.4, 0.5) is 34.6 Å². The Morgan fingerprint density at radius 1 is 0.909 bits per heavy atom. The van der Waals surface area contributed by atoms with Crippen molar-refractivity contribution >= 4 is 38.7 Å². The van der Waals surface area contributed by atoms with Crippen LogP contribution in [0.25, 0.3) is 0 Å². The molecule has 170 valence electrons. The Balaban J connectivity index is 1.95. The summed E-state index contributed by atoms with van der Waals surface area (Å²) in [7, 11) is -4.99. The number of carbonyl (C=O) groups excluding carboxylic acids is 2. The van der Waals surface area contributed by atoms with Gasteiger partial charge >= 0.3 is 6.18 Å². The maximum Gasteiger partial charge on any atom is 0.419 e. The van der Waals surface area contributed by atoms with Gasteiger partial charge in [0, 0.05) is 16.8 Å². The van der Waals surface area contributed by atoms with Gasteiger partial charge in [-0.15, -0.1) is 0 Å². The molecular formula is C21H12F4N2O5S. The largest absolute Gasteiger partial charge is 0.419 e. The second-order valence-corrected chi connectivity index (χ2v) is 8.47. The monoisotopic (exact) mass is 480 g/mol. The highest BCUT2D eigenvalue weighted by molar-refractivity contribution is 7.86. The molecule has 4 N–H and O–H groups in total. The molecule has 0 aromatic heterocycles. The Bertz CT molecular complexity index is 1470. The van der Waals surface area contributed by atoms with Crippen molar-refractivity contribution in [2.75, 3.05) is 11.1 Å². The molecule has 0 unspecified atom stereocenters. The van der Waals surface area contributed by atoms with Crippen molar-refractivity contribution in [2.24, 2.45) is 0 Å². The van der Waals surface area contributed by atoms with Crippen molar-refractivity contribution in [1.29, 1.82) is 0 Å². The Labute approximate surface area is 183 Å². The molecule has 4 rings (SSSR count). The van der Waals surface area contributed by atoms with Crippen LogP contribution in [0.15, 0.2) is 53.4 Å². The van der Waals surface area contributed by atoms with Crippen LogP contribution in [0.5, 0.6) is 0 Å². The number of rotatable bonds is 3. The first-order valence-electron chi connectivity index (χ1n) is 9.07. The second-order valence-electron chi connectivity index (χ2n) is 7.08. The van der Waals surface area contributed by atoms with Gasteiger partial charge in [0.25, 0.3) is 10.1 Å². The zero-order valence-corrected chi connectivity index (χ0v) is 17.0. The van der Waals surface area contributed by atoms with Crippen molar-refractivity contribution in [3.05, 3.63) is 82.2 Å². The highest BCUT2D eigenvalue weighted by atomic mass is 32.2. The summed E-state index contributed by atoms with van der Waals surface area (Å²) < 4.78 is 85.8. The van der Waals surface area contributed by atoms with Gasteiger partial charge < -0.3 is 11.1 Å². The van der Waals surface area contributed by atoms with E-state index in [0.717, 1.165) is 12.1 Å². The summed E-state index contributed by atoms with van der Waals surface area (Å²) in [5, 5.41) is 2.46. The summed E-state index contributed by atoms with van der Waals surface area (Å²) in [5.74, 6) is -3.16. The van der Waals surface area contributed by atoms with E-state index in [9.17, 15) is 40.1 Å². The van der Waals surface area contributed by atoms with Gasteiger partial charge in [0.05, 0.1) is 28.1 Å². The summed E-state index contributed by atoms with van der Waals surface area (Å²) in [6.45, 7) is 0. The minimum Gasteiger partial charge on any atom is -0.397 e. The third-order valence-electron chi connectivity index (χ3n) is 5.03. The van der Waals surface area contributed by atoms with Gasteiger partial charge in [-0.1, -0.05) is 24.3 Å². The Morgan fingerprint density at radius 2 is 1.48 bits per heavy atom. The van der Waals surface area contributed by atoms with Crippen molar-refractivity contribution in [1.82, 2.24) is 0 Å². The summed E-state index contributed by atoms with van der Waals surface area (Å²) >= 11 is 0. The van der Waals surface area contributed by atoms with E-state index in [-0.39, 0.29) is 28.1 Å². The van der Waals surface area contributed by atoms with Gasteiger partial charge in [-0.2, -0.15) is 21.6 Å². The van der Waals surface area contributed by atoms with Crippen LogP contribution in [0.2, 0.25) is 0 Å². The first-order valence-corrected chi connectivity index (χ1v) is 10.5. The third kappa shape index (κ3) is 3.72. The Kier molecular flexibility index (Phi) is 5.02. The quantitative estimate of drug-likeness (QED) is 0.228. The maximum absolute atomic E-state index is 14.0. The summed E-state index contributed by atoms with van der Waals surface area (Å²) in [6, 6.07) is 8.19. The summed E-state index contributed by atoms with van der Waals surface area (Å²) in [4.78, 5) is 25.3. The maximum atomic E-state index is 14.0. The molecule has 3 aromatic carbocycles. The van der Waals surface area contributed by atoms with Gasteiger partial charge in [0.1, 0.15) is 10.7 Å². The number of halogens is 4. The smallest absolute Gasteiger partial charge is 0.397 e. The molecule has 12 heteroatoms. The number of carbonyl (C=O) groups is 2. The number of alkyl halides is 3. The molecule has 0 bridgehead atoms. The predicted octanol–water partition coefficient (Wildman–Crippen LogP) is 4.19. The number of fused-ring (bicyclic) bond motifs is 2. The third-order valence-corrected chi connectivity index (χ3v) is 5.92. The lowest BCUT2D eigenvalue weighted by Gasteiger charge is -2.23. The number of benzene rings is 3. The van der Waals surface area contributed by atoms with Crippen LogP contribution >= 0.6 is 0 Å². The van der Waals surface area contributed by atoms with Crippen LogP contribution in [-0.2, 0) is 16.3 Å². The lowest BCUT2D eigenvalue weighted by molar-refractivity contribution is -0.139. The fourth-order valence-electron chi connectivity index (χ4n) is 3.58. The molecule has 7 nitrogen and oxygen atoms in total. The average Bonchev–Trinajstić information content (AvgIpc) is 2.71. The van der Waals surface area contributed by atoms with Crippen LogP contribution in [-0.4, -0.2) is 24.5 Å². The van der Waals surface area contributed by atoms with Crippen molar-refractivity contribution < 1.29 is 40.1 Å². The number of hydrogen-bond acceptors (Lipinski definition) is 6. The topological polar surface area (TPSA) is 127 Å². The van der Waals surface area contributed by atoms with Crippen molar-refractivity contribution in [3.8, 4) is 0 Å². The van der Waals surface area contributed by atoms with E-state index in [0.29, 0.717) is 12.1 Å². The molecule has 0 heterocycles. The number of anilines is 3.